The van der Waals surface area contributed by atoms with Crippen LogP contribution in [0.1, 0.15) is 42.4 Å². The monoisotopic (exact) mass is 272 g/mol. The quantitative estimate of drug-likeness (QED) is 0.780. The summed E-state index contributed by atoms with van der Waals surface area (Å²) in [5.74, 6) is 0. The Morgan fingerprint density at radius 1 is 1.92 bits per heavy atom. The van der Waals surface area contributed by atoms with Gasteiger partial charge in [0, 0.05) is 33.0 Å². The van der Waals surface area contributed by atoms with E-state index in [9.17, 15) is 0 Å². The summed E-state index contributed by atoms with van der Waals surface area (Å²) in [7, 11) is 0. The molecule has 1 aromatic heterocycles. The molecule has 0 aliphatic carbocycles. The minimum Gasteiger partial charge on any atom is -0.345 e. The number of anilines is 1. The van der Waals surface area contributed by atoms with Crippen LogP contribution in [-0.2, 0) is 0 Å². The van der Waals surface area contributed by atoms with Crippen molar-refractivity contribution in [2.24, 2.45) is 0 Å². The van der Waals surface area contributed by atoms with Gasteiger partial charge in [-0.25, -0.2) is 4.98 Å². The lowest BCUT2D eigenvalue weighted by atomic mass is 10.1. The molecular formula is C9H13BrN2S. The van der Waals surface area contributed by atoms with Crippen molar-refractivity contribution in [3.8, 4) is 0 Å². The van der Waals surface area contributed by atoms with Crippen molar-refractivity contribution in [3.63, 3.8) is 0 Å². The van der Waals surface area contributed by atoms with Gasteiger partial charge in [-0.2, -0.15) is 0 Å². The average molecular weight is 273 g/mol. The molecule has 1 atom stereocenters. The fraction of sp³-hybridized carbons (Fsp3) is 0.667. The number of aromatic nitrogens is 1. The van der Waals surface area contributed by atoms with Gasteiger partial charge in [0.05, 0.1) is 1.37 Å². The molecule has 0 N–H and O–H groups in total. The highest BCUT2D eigenvalue weighted by Crippen LogP contribution is 2.29. The molecule has 2 rings (SSSR count). The zero-order valence-electron chi connectivity index (χ0n) is 18.3. The second-order valence-corrected chi connectivity index (χ2v) is 3.77. The first-order valence-electron chi connectivity index (χ1n) is 9.29. The van der Waals surface area contributed by atoms with Gasteiger partial charge in [-0.05, 0) is 41.9 Å². The van der Waals surface area contributed by atoms with E-state index in [4.69, 9.17) is 16.4 Å². The molecule has 1 aliphatic heterocycles. The fourth-order valence-electron chi connectivity index (χ4n) is 0.778. The minimum atomic E-state index is -3.62. The van der Waals surface area contributed by atoms with Gasteiger partial charge >= 0.3 is 0 Å². The molecule has 0 amide bonds. The van der Waals surface area contributed by atoms with Crippen LogP contribution in [0.15, 0.2) is 9.98 Å². The molecule has 1 unspecified atom stereocenters. The van der Waals surface area contributed by atoms with Crippen molar-refractivity contribution in [3.05, 3.63) is 9.98 Å². The van der Waals surface area contributed by atoms with Crippen molar-refractivity contribution in [2.45, 2.75) is 32.0 Å². The van der Waals surface area contributed by atoms with Crippen molar-refractivity contribution < 1.29 is 16.4 Å². The van der Waals surface area contributed by atoms with Gasteiger partial charge < -0.3 is 4.90 Å². The van der Waals surface area contributed by atoms with Crippen molar-refractivity contribution >= 4 is 32.4 Å². The standard InChI is InChI=1S/C9H13BrN2S/c1-7-4-2-3-5-12(7)9-11-8(10)6-13-9/h6-7H,2-5H2,1H3/i1D3,2D2,3D2,4D2,5D2,7D. The lowest BCUT2D eigenvalue weighted by Crippen LogP contribution is -2.37. The second-order valence-electron chi connectivity index (χ2n) is 2.12. The first kappa shape index (κ1) is 2.73. The van der Waals surface area contributed by atoms with Crippen LogP contribution in [0.5, 0.6) is 0 Å². The second kappa shape index (κ2) is 3.96. The van der Waals surface area contributed by atoms with Crippen LogP contribution in [0.3, 0.4) is 0 Å². The minimum absolute atomic E-state index is 0.101. The number of nitrogens with zero attached hydrogens (tertiary/aromatic N) is 2. The molecule has 0 radical (unpaired) electrons. The molecule has 2 heterocycles. The maximum Gasteiger partial charge on any atom is 0.186 e. The normalized spacial score (nSPS) is 59.3. The zero-order valence-corrected chi connectivity index (χ0v) is 8.66. The average Bonchev–Trinajstić information content (AvgIpc) is 2.81. The lowest BCUT2D eigenvalue weighted by Gasteiger charge is -2.32. The third kappa shape index (κ3) is 2.05. The summed E-state index contributed by atoms with van der Waals surface area (Å²) >= 11 is 3.67. The molecule has 13 heavy (non-hydrogen) atoms. The Kier molecular flexibility index (Phi) is 0.832. The topological polar surface area (TPSA) is 16.1 Å². The predicted molar refractivity (Wildman–Crippen MR) is 60.5 cm³/mol. The molecule has 2 nitrogen and oxygen atoms in total. The lowest BCUT2D eigenvalue weighted by molar-refractivity contribution is 0.484. The van der Waals surface area contributed by atoms with E-state index in [1.54, 1.807) is 0 Å². The number of thiazole rings is 1. The van der Waals surface area contributed by atoms with Crippen molar-refractivity contribution in [2.75, 3.05) is 11.4 Å². The van der Waals surface area contributed by atoms with Crippen LogP contribution >= 0.6 is 27.3 Å². The molecule has 1 fully saturated rings. The van der Waals surface area contributed by atoms with Crippen molar-refractivity contribution in [1.29, 1.82) is 0 Å². The highest BCUT2D eigenvalue weighted by atomic mass is 79.9. The molecule has 0 bridgehead atoms. The van der Waals surface area contributed by atoms with Gasteiger partial charge in [0.1, 0.15) is 4.60 Å². The van der Waals surface area contributed by atoms with Gasteiger partial charge in [-0.1, -0.05) is 0 Å². The van der Waals surface area contributed by atoms with Gasteiger partial charge in [0.25, 0.3) is 0 Å². The SMILES string of the molecule is [2H]C([2H])([2H])C1([2H])N(c2nc(Br)cs2)C([2H])([2H])C([2H])([2H])C([2H])([2H])C1([2H])[2H]. The first-order chi connectivity index (χ1) is 10.9. The Morgan fingerprint density at radius 3 is 3.54 bits per heavy atom. The van der Waals surface area contributed by atoms with E-state index in [0.717, 1.165) is 0 Å². The Hall–Kier alpha value is -0.0900. The molecule has 72 valence electrons. The van der Waals surface area contributed by atoms with Gasteiger partial charge in [0.2, 0.25) is 0 Å². The summed E-state index contributed by atoms with van der Waals surface area (Å²) in [6.45, 7) is -6.90. The van der Waals surface area contributed by atoms with E-state index in [1.165, 1.54) is 5.38 Å². The van der Waals surface area contributed by atoms with E-state index in [1.807, 2.05) is 0 Å². The Bertz CT molecular complexity index is 684. The van der Waals surface area contributed by atoms with E-state index in [0.29, 0.717) is 11.3 Å². The molecule has 4 heteroatoms. The summed E-state index contributed by atoms with van der Waals surface area (Å²) in [4.78, 5) is 3.91. The largest absolute Gasteiger partial charge is 0.345 e. The van der Waals surface area contributed by atoms with Crippen LogP contribution in [0, 0.1) is 0 Å². The maximum absolute atomic E-state index is 8.36. The molecular weight excluding hydrogens is 248 g/mol. The molecule has 0 saturated carbocycles. The summed E-state index contributed by atoms with van der Waals surface area (Å²) in [6, 6.07) is -3.48. The Morgan fingerprint density at radius 2 is 2.85 bits per heavy atom. The third-order valence-electron chi connectivity index (χ3n) is 1.29. The number of piperidine rings is 1. The zero-order chi connectivity index (χ0) is 19.9. The molecule has 1 aliphatic rings. The first-order valence-corrected chi connectivity index (χ1v) is 4.96. The van der Waals surface area contributed by atoms with Crippen molar-refractivity contribution in [1.82, 2.24) is 4.98 Å². The van der Waals surface area contributed by atoms with Crippen LogP contribution in [0.25, 0.3) is 0 Å². The van der Waals surface area contributed by atoms with Gasteiger partial charge in [0.15, 0.2) is 5.13 Å². The van der Waals surface area contributed by atoms with Gasteiger partial charge in [-0.15, -0.1) is 11.3 Å². The van der Waals surface area contributed by atoms with E-state index in [-0.39, 0.29) is 9.50 Å². The van der Waals surface area contributed by atoms with Crippen LogP contribution in [0.2, 0.25) is 0 Å². The van der Waals surface area contributed by atoms with Crippen LogP contribution < -0.4 is 4.90 Å². The number of halogens is 1. The molecule has 0 spiro atoms. The van der Waals surface area contributed by atoms with Gasteiger partial charge in [-0.3, -0.25) is 0 Å². The number of rotatable bonds is 1. The van der Waals surface area contributed by atoms with Crippen LogP contribution in [-0.4, -0.2) is 17.5 Å². The van der Waals surface area contributed by atoms with E-state index >= 15 is 0 Å². The highest BCUT2D eigenvalue weighted by Gasteiger charge is 2.20. The maximum atomic E-state index is 8.36. The highest BCUT2D eigenvalue weighted by molar-refractivity contribution is 9.10. The van der Waals surface area contributed by atoms with Crippen LogP contribution in [0.4, 0.5) is 5.13 Å². The summed E-state index contributed by atoms with van der Waals surface area (Å²) < 4.78 is 95.1. The smallest absolute Gasteiger partial charge is 0.186 e. The number of hydrogen-bond acceptors (Lipinski definition) is 3. The summed E-state index contributed by atoms with van der Waals surface area (Å²) in [5.41, 5.74) is 0. The summed E-state index contributed by atoms with van der Waals surface area (Å²) in [6.07, 6.45) is -10.7. The molecule has 0 aromatic carbocycles. The van der Waals surface area contributed by atoms with E-state index in [2.05, 4.69) is 20.9 Å². The number of hydrogen-bond donors (Lipinski definition) is 0. The fourth-order valence-corrected chi connectivity index (χ4v) is 1.99. The summed E-state index contributed by atoms with van der Waals surface area (Å²) in [5, 5.41) is 0.881. The Balaban J connectivity index is 2.94. The Labute approximate surface area is 108 Å². The predicted octanol–water partition coefficient (Wildman–Crippen LogP) is 3.28. The molecule has 1 aromatic rings. The van der Waals surface area contributed by atoms with E-state index < -0.39 is 43.6 Å². The third-order valence-corrected chi connectivity index (χ3v) is 2.83. The molecule has 1 saturated heterocycles.